The van der Waals surface area contributed by atoms with Gasteiger partial charge in [0, 0.05) is 14.3 Å². The van der Waals surface area contributed by atoms with E-state index in [4.69, 9.17) is 4.74 Å². The van der Waals surface area contributed by atoms with Crippen LogP contribution >= 0.6 is 90.4 Å². The normalized spacial score (nSPS) is 14.3. The van der Waals surface area contributed by atoms with Crippen LogP contribution in [0.2, 0.25) is 0 Å². The quantitative estimate of drug-likeness (QED) is 0.0701. The second-order valence-corrected chi connectivity index (χ2v) is 12.7. The minimum atomic E-state index is -5.94. The van der Waals surface area contributed by atoms with Crippen molar-refractivity contribution < 1.29 is 49.6 Å². The molecule has 0 amide bonds. The molecule has 1 aliphatic carbocycles. The van der Waals surface area contributed by atoms with Crippen LogP contribution in [0.1, 0.15) is 46.4 Å². The Labute approximate surface area is 250 Å². The van der Waals surface area contributed by atoms with Crippen molar-refractivity contribution in [2.24, 2.45) is 0 Å². The molecule has 2 aromatic rings. The molecule has 1 saturated carbocycles. The second kappa shape index (κ2) is 11.4. The molecule has 0 aliphatic heterocycles. The van der Waals surface area contributed by atoms with Gasteiger partial charge in [0.25, 0.3) is 0 Å². The van der Waals surface area contributed by atoms with E-state index < -0.39 is 67.6 Å². The topological polar surface area (TPSA) is 110 Å². The van der Waals surface area contributed by atoms with Crippen molar-refractivity contribution in [3.05, 3.63) is 48.7 Å². The van der Waals surface area contributed by atoms with E-state index in [0.717, 1.165) is 12.8 Å². The smallest absolute Gasteiger partial charge is 0.345 e. The minimum Gasteiger partial charge on any atom is -0.744 e. The summed E-state index contributed by atoms with van der Waals surface area (Å²) in [4.78, 5) is 23.6. The molecule has 35 heavy (non-hydrogen) atoms. The highest BCUT2D eigenvalue weighted by Gasteiger charge is 2.35. The average molecular weight is 965 g/mol. The van der Waals surface area contributed by atoms with Gasteiger partial charge >= 0.3 is 11.9 Å². The number of carbonyl (C=O) groups is 2. The first-order valence-electron chi connectivity index (χ1n) is 9.29. The number of hydrogen-bond acceptors (Lipinski definition) is 7. The van der Waals surface area contributed by atoms with E-state index in [9.17, 15) is 40.1 Å². The first kappa shape index (κ1) is 29.5. The first-order chi connectivity index (χ1) is 16.2. The Morgan fingerprint density at radius 1 is 0.771 bits per heavy atom. The van der Waals surface area contributed by atoms with E-state index in [2.05, 4.69) is 4.74 Å². The fourth-order valence-electron chi connectivity index (χ4n) is 3.28. The number of benzene rings is 2. The Kier molecular flexibility index (Phi) is 9.56. The molecule has 0 saturated heterocycles. The average Bonchev–Trinajstić information content (AvgIpc) is 3.28. The lowest BCUT2D eigenvalue weighted by Crippen LogP contribution is -2.24. The summed E-state index contributed by atoms with van der Waals surface area (Å²) in [5.41, 5.74) is -0.736. The van der Waals surface area contributed by atoms with Gasteiger partial charge in [-0.3, -0.25) is 0 Å². The van der Waals surface area contributed by atoms with Crippen molar-refractivity contribution in [2.75, 3.05) is 0 Å². The highest BCUT2D eigenvalue weighted by molar-refractivity contribution is 14.1. The van der Waals surface area contributed by atoms with Gasteiger partial charge in [-0.25, -0.2) is 26.8 Å². The van der Waals surface area contributed by atoms with Gasteiger partial charge in [-0.2, -0.15) is 8.78 Å². The van der Waals surface area contributed by atoms with Gasteiger partial charge < -0.3 is 14.0 Å². The molecule has 1 aliphatic rings. The minimum absolute atomic E-state index is 0.136. The molecule has 0 N–H and O–H groups in total. The van der Waals surface area contributed by atoms with Crippen LogP contribution in [0, 0.1) is 37.5 Å². The summed E-state index contributed by atoms with van der Waals surface area (Å²) in [6, 6.07) is 0. The molecule has 0 bridgehead atoms. The van der Waals surface area contributed by atoms with Crippen LogP contribution in [-0.4, -0.2) is 31.0 Å². The molecule has 0 aromatic heterocycles. The zero-order chi connectivity index (χ0) is 26.4. The summed E-state index contributed by atoms with van der Waals surface area (Å²) >= 11 is 7.27. The highest BCUT2D eigenvalue weighted by Crippen LogP contribution is 2.37. The summed E-state index contributed by atoms with van der Waals surface area (Å²) in [5.74, 6) is -14.3. The summed E-state index contributed by atoms with van der Waals surface area (Å²) in [5, 5.41) is 0. The number of ether oxygens (including phenoxy) is 2. The Morgan fingerprint density at radius 2 is 1.20 bits per heavy atom. The lowest BCUT2D eigenvalue weighted by molar-refractivity contribution is 0.0311. The van der Waals surface area contributed by atoms with E-state index >= 15 is 0 Å². The van der Waals surface area contributed by atoms with Crippen molar-refractivity contribution in [3.63, 3.8) is 0 Å². The number of carbonyl (C=O) groups excluding carboxylic acids is 2. The second-order valence-electron chi connectivity index (χ2n) is 7.08. The number of halogens is 8. The molecule has 190 valence electrons. The zero-order valence-electron chi connectivity index (χ0n) is 16.7. The molecule has 0 heterocycles. The molecule has 3 rings (SSSR count). The molecule has 2 aromatic carbocycles. The van der Waals surface area contributed by atoms with Crippen molar-refractivity contribution in [1.29, 1.82) is 0 Å². The maximum absolute atomic E-state index is 14.4. The van der Waals surface area contributed by atoms with Crippen LogP contribution in [0.3, 0.4) is 0 Å². The Morgan fingerprint density at radius 3 is 1.63 bits per heavy atom. The number of esters is 2. The van der Waals surface area contributed by atoms with E-state index in [1.165, 1.54) is 0 Å². The van der Waals surface area contributed by atoms with E-state index in [-0.39, 0.29) is 12.7 Å². The highest BCUT2D eigenvalue weighted by atomic mass is 127. The largest absolute Gasteiger partial charge is 0.744 e. The third-order valence-corrected chi connectivity index (χ3v) is 13.1. The number of hydrogen-bond donors (Lipinski definition) is 0. The molecule has 0 unspecified atom stereocenters. The van der Waals surface area contributed by atoms with Crippen LogP contribution in [0.4, 0.5) is 17.6 Å². The molecule has 0 atom stereocenters. The lowest BCUT2D eigenvalue weighted by Gasteiger charge is -2.19. The first-order valence-corrected chi connectivity index (χ1v) is 15.0. The monoisotopic (exact) mass is 965 g/mol. The Bertz CT molecular complexity index is 1330. The summed E-state index contributed by atoms with van der Waals surface area (Å²) in [7, 11) is -5.94. The number of rotatable bonds is 5. The fourth-order valence-corrected chi connectivity index (χ4v) is 7.52. The van der Waals surface area contributed by atoms with Gasteiger partial charge in [-0.05, 0) is 116 Å². The van der Waals surface area contributed by atoms with Crippen molar-refractivity contribution >= 4 is 112 Å². The molecule has 0 radical (unpaired) electrons. The molecule has 7 nitrogen and oxygen atoms in total. The molecular weight excluding hydrogens is 956 g/mol. The molecular formula is C19H9F4I4O7S-. The van der Waals surface area contributed by atoms with Crippen LogP contribution in [0.5, 0.6) is 5.75 Å². The Hall–Kier alpha value is -0.0700. The third-order valence-electron chi connectivity index (χ3n) is 4.88. The molecule has 0 spiro atoms. The van der Waals surface area contributed by atoms with Crippen LogP contribution in [0.15, 0.2) is 4.90 Å². The van der Waals surface area contributed by atoms with Gasteiger partial charge in [0.2, 0.25) is 17.4 Å². The van der Waals surface area contributed by atoms with Gasteiger partial charge in [0.15, 0.2) is 11.6 Å². The SMILES string of the molecule is O=C(Oc1c(F)c(F)c(S(=O)(=O)[O-])c(F)c1F)c1c(I)c(I)c(I)c(I)c1C(=O)OC1CCCC1. The Balaban J connectivity index is 2.14. The van der Waals surface area contributed by atoms with E-state index in [0.29, 0.717) is 20.0 Å². The van der Waals surface area contributed by atoms with Crippen molar-refractivity contribution in [3.8, 4) is 5.75 Å². The fraction of sp³-hybridized carbons (Fsp3) is 0.263. The maximum Gasteiger partial charge on any atom is 0.345 e. The van der Waals surface area contributed by atoms with Gasteiger partial charge in [-0.15, -0.1) is 0 Å². The predicted molar refractivity (Wildman–Crippen MR) is 144 cm³/mol. The van der Waals surface area contributed by atoms with Crippen LogP contribution in [0.25, 0.3) is 0 Å². The van der Waals surface area contributed by atoms with Crippen molar-refractivity contribution in [2.45, 2.75) is 36.7 Å². The van der Waals surface area contributed by atoms with Crippen LogP contribution in [-0.2, 0) is 14.9 Å². The summed E-state index contributed by atoms with van der Waals surface area (Å²) in [6.45, 7) is 0. The van der Waals surface area contributed by atoms with Gasteiger partial charge in [-0.1, -0.05) is 0 Å². The third kappa shape index (κ3) is 5.85. The van der Waals surface area contributed by atoms with Crippen molar-refractivity contribution in [1.82, 2.24) is 0 Å². The lowest BCUT2D eigenvalue weighted by atomic mass is 10.1. The summed E-state index contributed by atoms with van der Waals surface area (Å²) in [6.07, 6.45) is 2.53. The summed E-state index contributed by atoms with van der Waals surface area (Å²) < 4.78 is 102. The maximum atomic E-state index is 14.4. The van der Waals surface area contributed by atoms with Gasteiger partial charge in [0.1, 0.15) is 21.1 Å². The molecule has 16 heteroatoms. The van der Waals surface area contributed by atoms with Crippen LogP contribution < -0.4 is 4.74 Å². The molecule has 1 fully saturated rings. The predicted octanol–water partition coefficient (Wildman–Crippen LogP) is 5.88. The standard InChI is InChI=1S/C19H10F4I4O7S/c20-8-10(22)17(35(30,31)32)11(23)9(21)16(8)34-19(29)7-6(12(24)14(26)15(27)13(7)25)18(28)33-5-3-1-2-4-5/h5H,1-4H2,(H,30,31,32)/p-1. The zero-order valence-corrected chi connectivity index (χ0v) is 26.1. The van der Waals surface area contributed by atoms with E-state index in [1.54, 1.807) is 45.2 Å². The van der Waals surface area contributed by atoms with Gasteiger partial charge in [0.05, 0.1) is 11.1 Å². The van der Waals surface area contributed by atoms with E-state index in [1.807, 2.05) is 45.2 Å².